The van der Waals surface area contributed by atoms with Crippen molar-refractivity contribution in [2.75, 3.05) is 19.8 Å². The van der Waals surface area contributed by atoms with Crippen LogP contribution in [0, 0.1) is 0 Å². The summed E-state index contributed by atoms with van der Waals surface area (Å²) in [5, 5.41) is 0.894. The number of rotatable bonds is 13. The Morgan fingerprint density at radius 2 is 1.22 bits per heavy atom. The zero-order chi connectivity index (χ0) is 17.0. The Labute approximate surface area is 151 Å². The van der Waals surface area contributed by atoms with Crippen molar-refractivity contribution in [3.63, 3.8) is 0 Å². The Balaban J connectivity index is 2.73. The fourth-order valence-corrected chi connectivity index (χ4v) is 5.40. The number of alkyl halides is 1. The zero-order valence-corrected chi connectivity index (χ0v) is 17.4. The topological polar surface area (TPSA) is 27.7 Å². The van der Waals surface area contributed by atoms with Gasteiger partial charge in [0.05, 0.1) is 0 Å². The second-order valence-corrected chi connectivity index (χ2v) is 8.97. The number of hydrogen-bond donors (Lipinski definition) is 0. The molecular weight excluding hydrogens is 372 g/mol. The molecule has 0 amide bonds. The third-order valence-electron chi connectivity index (χ3n) is 3.48. The van der Waals surface area contributed by atoms with E-state index in [1.165, 1.54) is 11.1 Å². The van der Waals surface area contributed by atoms with E-state index in [0.29, 0.717) is 19.8 Å². The molecule has 0 atom stereocenters. The van der Waals surface area contributed by atoms with E-state index < -0.39 is 8.80 Å². The number of aryl methyl sites for hydroxylation is 1. The molecule has 0 heterocycles. The Morgan fingerprint density at radius 1 is 0.783 bits per heavy atom. The molecule has 0 aromatic heterocycles. The fraction of sp³-hybridized carbons (Fsp3) is 0.667. The molecule has 132 valence electrons. The monoisotopic (exact) mass is 402 g/mol. The van der Waals surface area contributed by atoms with E-state index in [1.54, 1.807) is 0 Å². The molecular formula is C18H31BrO3Si. The molecule has 1 aromatic carbocycles. The quantitative estimate of drug-likeness (QED) is 0.329. The van der Waals surface area contributed by atoms with Crippen molar-refractivity contribution in [1.82, 2.24) is 0 Å². The molecule has 0 aliphatic rings. The van der Waals surface area contributed by atoms with Gasteiger partial charge in [0.2, 0.25) is 0 Å². The van der Waals surface area contributed by atoms with Crippen LogP contribution in [-0.4, -0.2) is 28.6 Å². The average molecular weight is 403 g/mol. The van der Waals surface area contributed by atoms with Crippen LogP contribution in [0.5, 0.6) is 0 Å². The minimum absolute atomic E-state index is 0.710. The SMILES string of the molecule is CCCO[Si](CCc1ccc(CBr)cc1)(OCCC)OCCC. The summed E-state index contributed by atoms with van der Waals surface area (Å²) < 4.78 is 18.4. The van der Waals surface area contributed by atoms with Gasteiger partial charge in [0.1, 0.15) is 0 Å². The highest BCUT2D eigenvalue weighted by molar-refractivity contribution is 9.08. The van der Waals surface area contributed by atoms with E-state index in [-0.39, 0.29) is 0 Å². The Bertz CT molecular complexity index is 389. The molecule has 1 rings (SSSR count). The summed E-state index contributed by atoms with van der Waals surface area (Å²) in [6.45, 7) is 8.50. The summed E-state index contributed by atoms with van der Waals surface area (Å²) in [5.74, 6) is 0. The second kappa shape index (κ2) is 12.2. The van der Waals surface area contributed by atoms with Crippen molar-refractivity contribution >= 4 is 24.7 Å². The molecule has 0 unspecified atom stereocenters. The van der Waals surface area contributed by atoms with Crippen LogP contribution in [0.4, 0.5) is 0 Å². The van der Waals surface area contributed by atoms with Gasteiger partial charge in [0, 0.05) is 31.2 Å². The van der Waals surface area contributed by atoms with E-state index in [9.17, 15) is 0 Å². The van der Waals surface area contributed by atoms with Gasteiger partial charge in [-0.15, -0.1) is 0 Å². The van der Waals surface area contributed by atoms with Gasteiger partial charge in [0.25, 0.3) is 0 Å². The first kappa shape index (κ1) is 20.8. The first-order valence-corrected chi connectivity index (χ1v) is 11.8. The van der Waals surface area contributed by atoms with Crippen molar-refractivity contribution in [1.29, 1.82) is 0 Å². The Kier molecular flexibility index (Phi) is 11.1. The second-order valence-electron chi connectivity index (χ2n) is 5.68. The van der Waals surface area contributed by atoms with Gasteiger partial charge >= 0.3 is 8.80 Å². The highest BCUT2D eigenvalue weighted by atomic mass is 79.9. The van der Waals surface area contributed by atoms with Gasteiger partial charge in [-0.3, -0.25) is 0 Å². The van der Waals surface area contributed by atoms with Crippen LogP contribution in [0.3, 0.4) is 0 Å². The molecule has 23 heavy (non-hydrogen) atoms. The summed E-state index contributed by atoms with van der Waals surface area (Å²) >= 11 is 3.48. The van der Waals surface area contributed by atoms with Gasteiger partial charge < -0.3 is 13.3 Å². The molecule has 0 aliphatic heterocycles. The molecule has 0 fully saturated rings. The average Bonchev–Trinajstić information content (AvgIpc) is 2.61. The molecule has 0 spiro atoms. The highest BCUT2D eigenvalue weighted by Gasteiger charge is 2.40. The summed E-state index contributed by atoms with van der Waals surface area (Å²) in [5.41, 5.74) is 2.61. The molecule has 1 aromatic rings. The summed E-state index contributed by atoms with van der Waals surface area (Å²) in [6.07, 6.45) is 3.89. The van der Waals surface area contributed by atoms with Gasteiger partial charge in [-0.05, 0) is 36.8 Å². The van der Waals surface area contributed by atoms with Crippen LogP contribution in [-0.2, 0) is 25.0 Å². The van der Waals surface area contributed by atoms with Gasteiger partial charge in [-0.2, -0.15) is 0 Å². The predicted molar refractivity (Wildman–Crippen MR) is 102 cm³/mol. The van der Waals surface area contributed by atoms with E-state index in [4.69, 9.17) is 13.3 Å². The fourth-order valence-electron chi connectivity index (χ4n) is 2.21. The molecule has 0 bridgehead atoms. The minimum Gasteiger partial charge on any atom is -0.373 e. The molecule has 0 saturated carbocycles. The standard InChI is InChI=1S/C18H31BrO3Si/c1-4-12-20-23(21-13-5-2,22-14-6-3)15-11-17-7-9-18(16-19)10-8-17/h7-10H,4-6,11-16H2,1-3H3. The smallest absolute Gasteiger partial charge is 0.373 e. The minimum atomic E-state index is -2.57. The first-order valence-electron chi connectivity index (χ1n) is 8.75. The van der Waals surface area contributed by atoms with Gasteiger partial charge in [-0.25, -0.2) is 0 Å². The van der Waals surface area contributed by atoms with E-state index in [0.717, 1.165) is 37.1 Å². The van der Waals surface area contributed by atoms with E-state index in [1.807, 2.05) is 0 Å². The van der Waals surface area contributed by atoms with Crippen LogP contribution < -0.4 is 0 Å². The molecule has 0 N–H and O–H groups in total. The number of halogens is 1. The summed E-state index contributed by atoms with van der Waals surface area (Å²) in [7, 11) is -2.57. The van der Waals surface area contributed by atoms with Crippen LogP contribution >= 0.6 is 15.9 Å². The van der Waals surface area contributed by atoms with Crippen molar-refractivity contribution in [2.24, 2.45) is 0 Å². The number of benzene rings is 1. The lowest BCUT2D eigenvalue weighted by molar-refractivity contribution is 0.0593. The maximum atomic E-state index is 6.14. The predicted octanol–water partition coefficient (Wildman–Crippen LogP) is 5.34. The van der Waals surface area contributed by atoms with E-state index >= 15 is 0 Å². The van der Waals surface area contributed by atoms with E-state index in [2.05, 4.69) is 61.0 Å². The van der Waals surface area contributed by atoms with Crippen LogP contribution in [0.1, 0.15) is 51.2 Å². The Hall–Kier alpha value is -0.203. The van der Waals surface area contributed by atoms with Crippen LogP contribution in [0.2, 0.25) is 6.04 Å². The van der Waals surface area contributed by atoms with Gasteiger partial charge in [-0.1, -0.05) is 61.0 Å². The van der Waals surface area contributed by atoms with Crippen molar-refractivity contribution in [3.05, 3.63) is 35.4 Å². The lowest BCUT2D eigenvalue weighted by atomic mass is 10.1. The van der Waals surface area contributed by atoms with Crippen LogP contribution in [0.25, 0.3) is 0 Å². The highest BCUT2D eigenvalue weighted by Crippen LogP contribution is 2.21. The molecule has 3 nitrogen and oxygen atoms in total. The van der Waals surface area contributed by atoms with Gasteiger partial charge in [0.15, 0.2) is 0 Å². The third-order valence-corrected chi connectivity index (χ3v) is 6.92. The van der Waals surface area contributed by atoms with Crippen molar-refractivity contribution in [2.45, 2.75) is 57.8 Å². The first-order chi connectivity index (χ1) is 11.2. The molecule has 0 aliphatic carbocycles. The van der Waals surface area contributed by atoms with Crippen molar-refractivity contribution in [3.8, 4) is 0 Å². The normalized spacial score (nSPS) is 11.8. The largest absolute Gasteiger partial charge is 0.501 e. The van der Waals surface area contributed by atoms with Crippen LogP contribution in [0.15, 0.2) is 24.3 Å². The molecule has 0 saturated heterocycles. The Morgan fingerprint density at radius 3 is 1.61 bits per heavy atom. The third kappa shape index (κ3) is 7.94. The summed E-state index contributed by atoms with van der Waals surface area (Å²) in [6, 6.07) is 9.56. The molecule has 0 radical (unpaired) electrons. The van der Waals surface area contributed by atoms with Crippen molar-refractivity contribution < 1.29 is 13.3 Å². The zero-order valence-electron chi connectivity index (χ0n) is 14.8. The summed E-state index contributed by atoms with van der Waals surface area (Å²) in [4.78, 5) is 0. The maximum Gasteiger partial charge on any atom is 0.501 e. The lowest BCUT2D eigenvalue weighted by Gasteiger charge is -2.29. The lowest BCUT2D eigenvalue weighted by Crippen LogP contribution is -2.47. The number of hydrogen-bond acceptors (Lipinski definition) is 3. The maximum absolute atomic E-state index is 6.14. The molecule has 5 heteroatoms.